The van der Waals surface area contributed by atoms with Crippen molar-refractivity contribution < 1.29 is 23.7 Å². The summed E-state index contributed by atoms with van der Waals surface area (Å²) in [6.45, 7) is 0. The van der Waals surface area contributed by atoms with Gasteiger partial charge in [0.05, 0.1) is 21.3 Å². The van der Waals surface area contributed by atoms with E-state index >= 15 is 0 Å². The molecule has 0 aromatic heterocycles. The van der Waals surface area contributed by atoms with Crippen LogP contribution in [0.1, 0.15) is 23.2 Å². The summed E-state index contributed by atoms with van der Waals surface area (Å²) in [7, 11) is 4.50. The highest BCUT2D eigenvalue weighted by molar-refractivity contribution is 6.02. The lowest BCUT2D eigenvalue weighted by Gasteiger charge is -2.15. The van der Waals surface area contributed by atoms with Gasteiger partial charge in [0, 0.05) is 18.4 Å². The molecule has 2 rings (SSSR count). The van der Waals surface area contributed by atoms with Crippen molar-refractivity contribution in [3.8, 4) is 17.2 Å². The first-order chi connectivity index (χ1) is 10.1. The van der Waals surface area contributed by atoms with E-state index in [1.807, 2.05) is 0 Å². The molecule has 0 spiro atoms. The van der Waals surface area contributed by atoms with Crippen molar-refractivity contribution in [3.05, 3.63) is 17.7 Å². The third kappa shape index (κ3) is 2.86. The topological polar surface area (TPSA) is 92.4 Å². The van der Waals surface area contributed by atoms with Crippen molar-refractivity contribution in [2.24, 2.45) is 10.9 Å². The molecule has 21 heavy (non-hydrogen) atoms. The van der Waals surface area contributed by atoms with Gasteiger partial charge in [0.15, 0.2) is 17.6 Å². The number of nitrogens with zero attached hydrogens (tertiary/aromatic N) is 1. The fraction of sp³-hybridized carbons (Fsp3) is 0.429. The van der Waals surface area contributed by atoms with E-state index in [1.165, 1.54) is 21.3 Å². The molecule has 1 atom stereocenters. The highest BCUT2D eigenvalue weighted by Gasteiger charge is 2.30. The lowest BCUT2D eigenvalue weighted by atomic mass is 10.0. The van der Waals surface area contributed by atoms with Crippen LogP contribution < -0.4 is 20.1 Å². The third-order valence-electron chi connectivity index (χ3n) is 3.28. The van der Waals surface area contributed by atoms with E-state index in [1.54, 1.807) is 12.1 Å². The second-order valence-electron chi connectivity index (χ2n) is 4.45. The quantitative estimate of drug-likeness (QED) is 0.500. The number of nitrogens with two attached hydrogens (primary N) is 1. The van der Waals surface area contributed by atoms with Gasteiger partial charge in [-0.3, -0.25) is 4.79 Å². The molecule has 0 radical (unpaired) electrons. The van der Waals surface area contributed by atoms with Gasteiger partial charge in [0.25, 0.3) is 0 Å². The summed E-state index contributed by atoms with van der Waals surface area (Å²) in [5.74, 6) is 6.66. The average Bonchev–Trinajstić information content (AvgIpc) is 3.01. The molecule has 1 aliphatic heterocycles. The van der Waals surface area contributed by atoms with E-state index in [4.69, 9.17) is 24.8 Å². The van der Waals surface area contributed by atoms with Gasteiger partial charge in [-0.15, -0.1) is 5.10 Å². The number of ketones is 1. The van der Waals surface area contributed by atoms with Gasteiger partial charge in [-0.2, -0.15) is 0 Å². The van der Waals surface area contributed by atoms with Crippen LogP contribution in [0, 0.1) is 0 Å². The van der Waals surface area contributed by atoms with Gasteiger partial charge in [0.1, 0.15) is 0 Å². The van der Waals surface area contributed by atoms with Gasteiger partial charge in [-0.1, -0.05) is 0 Å². The molecule has 1 saturated heterocycles. The summed E-state index contributed by atoms with van der Waals surface area (Å²) >= 11 is 0. The molecule has 7 heteroatoms. The molecule has 1 heterocycles. The van der Waals surface area contributed by atoms with E-state index in [0.717, 1.165) is 0 Å². The predicted molar refractivity (Wildman–Crippen MR) is 76.2 cm³/mol. The molecule has 0 saturated carbocycles. The van der Waals surface area contributed by atoms with Crippen LogP contribution in [0.2, 0.25) is 0 Å². The van der Waals surface area contributed by atoms with Crippen molar-refractivity contribution in [2.45, 2.75) is 18.9 Å². The summed E-state index contributed by atoms with van der Waals surface area (Å²) in [5.41, 5.74) is 0.424. The first kappa shape index (κ1) is 15.0. The number of rotatable bonds is 5. The average molecular weight is 294 g/mol. The SMILES string of the molecule is COc1cc(C(=O)C2CCC(=NN)O2)cc(OC)c1OC. The minimum atomic E-state index is -0.588. The number of Topliss-reactive ketones (excluding diaryl/α,β-unsaturated/α-hetero) is 1. The van der Waals surface area contributed by atoms with E-state index in [2.05, 4.69) is 5.10 Å². The zero-order chi connectivity index (χ0) is 15.4. The van der Waals surface area contributed by atoms with E-state index in [-0.39, 0.29) is 5.78 Å². The minimum Gasteiger partial charge on any atom is -0.493 e. The van der Waals surface area contributed by atoms with Crippen LogP contribution in [0.15, 0.2) is 17.2 Å². The molecule has 114 valence electrons. The minimum absolute atomic E-state index is 0.173. The van der Waals surface area contributed by atoms with Gasteiger partial charge < -0.3 is 24.8 Å². The Bertz CT molecular complexity index is 545. The molecule has 2 N–H and O–H groups in total. The molecule has 0 aliphatic carbocycles. The van der Waals surface area contributed by atoms with Crippen LogP contribution in [0.25, 0.3) is 0 Å². The Balaban J connectivity index is 2.33. The standard InChI is InChI=1S/C14H18N2O5/c1-18-10-6-8(7-11(19-2)14(10)20-3)13(17)9-4-5-12(16-15)21-9/h6-7,9H,4-5,15H2,1-3H3. The lowest BCUT2D eigenvalue weighted by Crippen LogP contribution is -2.20. The molecular weight excluding hydrogens is 276 g/mol. The number of ether oxygens (including phenoxy) is 4. The summed E-state index contributed by atoms with van der Waals surface area (Å²) in [6.07, 6.45) is 0.512. The summed E-state index contributed by atoms with van der Waals surface area (Å²) in [4.78, 5) is 12.5. The summed E-state index contributed by atoms with van der Waals surface area (Å²) < 4.78 is 21.1. The normalized spacial score (nSPS) is 19.2. The number of hydrogen-bond donors (Lipinski definition) is 1. The Kier molecular flexibility index (Phi) is 4.52. The van der Waals surface area contributed by atoms with Crippen molar-refractivity contribution in [1.29, 1.82) is 0 Å². The smallest absolute Gasteiger partial charge is 0.206 e. The van der Waals surface area contributed by atoms with Gasteiger partial charge in [-0.25, -0.2) is 0 Å². The maximum Gasteiger partial charge on any atom is 0.206 e. The Morgan fingerprint density at radius 2 is 1.86 bits per heavy atom. The van der Waals surface area contributed by atoms with E-state index in [0.29, 0.717) is 41.6 Å². The summed E-state index contributed by atoms with van der Waals surface area (Å²) in [6, 6.07) is 3.20. The largest absolute Gasteiger partial charge is 0.493 e. The molecule has 1 aromatic carbocycles. The van der Waals surface area contributed by atoms with Crippen LogP contribution >= 0.6 is 0 Å². The number of hydrazone groups is 1. The third-order valence-corrected chi connectivity index (χ3v) is 3.28. The fourth-order valence-electron chi connectivity index (χ4n) is 2.23. The Morgan fingerprint density at radius 1 is 1.24 bits per heavy atom. The number of hydrogen-bond acceptors (Lipinski definition) is 7. The molecule has 1 fully saturated rings. The maximum atomic E-state index is 12.5. The zero-order valence-corrected chi connectivity index (χ0v) is 12.2. The molecule has 7 nitrogen and oxygen atoms in total. The fourth-order valence-corrected chi connectivity index (χ4v) is 2.23. The van der Waals surface area contributed by atoms with Crippen molar-refractivity contribution in [1.82, 2.24) is 0 Å². The molecule has 1 aliphatic rings. The zero-order valence-electron chi connectivity index (χ0n) is 12.2. The van der Waals surface area contributed by atoms with Crippen molar-refractivity contribution >= 4 is 11.7 Å². The molecule has 1 unspecified atom stereocenters. The first-order valence-electron chi connectivity index (χ1n) is 6.42. The molecular formula is C14H18N2O5. The Labute approximate surface area is 122 Å². The van der Waals surface area contributed by atoms with Crippen LogP contribution in [0.3, 0.4) is 0 Å². The Hall–Kier alpha value is -2.44. The maximum absolute atomic E-state index is 12.5. The van der Waals surface area contributed by atoms with E-state index < -0.39 is 6.10 Å². The predicted octanol–water partition coefficient (Wildman–Crippen LogP) is 1.35. The van der Waals surface area contributed by atoms with Crippen LogP contribution in [-0.4, -0.2) is 39.1 Å². The van der Waals surface area contributed by atoms with Crippen molar-refractivity contribution in [3.63, 3.8) is 0 Å². The number of benzene rings is 1. The van der Waals surface area contributed by atoms with Gasteiger partial charge >= 0.3 is 0 Å². The van der Waals surface area contributed by atoms with Crippen LogP contribution in [0.5, 0.6) is 17.2 Å². The van der Waals surface area contributed by atoms with Crippen LogP contribution in [0.4, 0.5) is 0 Å². The first-order valence-corrected chi connectivity index (χ1v) is 6.42. The van der Waals surface area contributed by atoms with Gasteiger partial charge in [0.2, 0.25) is 17.4 Å². The second kappa shape index (κ2) is 6.34. The number of carbonyl (C=O) groups is 1. The second-order valence-corrected chi connectivity index (χ2v) is 4.45. The molecule has 1 aromatic rings. The van der Waals surface area contributed by atoms with Crippen molar-refractivity contribution in [2.75, 3.05) is 21.3 Å². The van der Waals surface area contributed by atoms with E-state index in [9.17, 15) is 4.79 Å². The number of carbonyl (C=O) groups excluding carboxylic acids is 1. The lowest BCUT2D eigenvalue weighted by molar-refractivity contribution is 0.0806. The molecule has 0 bridgehead atoms. The Morgan fingerprint density at radius 3 is 2.29 bits per heavy atom. The molecule has 0 amide bonds. The highest BCUT2D eigenvalue weighted by atomic mass is 16.5. The number of methoxy groups -OCH3 is 3. The van der Waals surface area contributed by atoms with Crippen LogP contribution in [-0.2, 0) is 4.74 Å². The summed E-state index contributed by atoms with van der Waals surface area (Å²) in [5, 5.41) is 3.48. The monoisotopic (exact) mass is 294 g/mol. The highest BCUT2D eigenvalue weighted by Crippen LogP contribution is 2.38. The van der Waals surface area contributed by atoms with Gasteiger partial charge in [-0.05, 0) is 12.1 Å².